The van der Waals surface area contributed by atoms with E-state index in [4.69, 9.17) is 23.7 Å². The van der Waals surface area contributed by atoms with Crippen molar-refractivity contribution in [2.24, 2.45) is 11.8 Å². The van der Waals surface area contributed by atoms with Crippen molar-refractivity contribution >= 4 is 0 Å². The van der Waals surface area contributed by atoms with Crippen molar-refractivity contribution in [2.75, 3.05) is 41.7 Å². The molecule has 7 heteroatoms. The van der Waals surface area contributed by atoms with Crippen LogP contribution < -0.4 is 18.9 Å². The van der Waals surface area contributed by atoms with Crippen molar-refractivity contribution in [2.45, 2.75) is 12.5 Å². The molecule has 1 saturated heterocycles. The third-order valence-corrected chi connectivity index (χ3v) is 5.45. The summed E-state index contributed by atoms with van der Waals surface area (Å²) in [6.45, 7) is 0.497. The van der Waals surface area contributed by atoms with Crippen LogP contribution in [0.15, 0.2) is 30.3 Å². The second-order valence-electron chi connectivity index (χ2n) is 7.03. The Morgan fingerprint density at radius 2 is 1.59 bits per heavy atom. The minimum atomic E-state index is -0.294. The molecule has 0 unspecified atom stereocenters. The predicted molar refractivity (Wildman–Crippen MR) is 107 cm³/mol. The Hall–Kier alpha value is -2.64. The quantitative estimate of drug-likeness (QED) is 0.699. The van der Waals surface area contributed by atoms with Gasteiger partial charge in [-0.2, -0.15) is 0 Å². The normalized spacial score (nSPS) is 21.1. The minimum absolute atomic E-state index is 0.0127. The second-order valence-corrected chi connectivity index (χ2v) is 7.03. The molecule has 1 aliphatic heterocycles. The Bertz CT molecular complexity index is 811. The zero-order valence-corrected chi connectivity index (χ0v) is 17.2. The Balaban J connectivity index is 1.86. The smallest absolute Gasteiger partial charge is 0.203 e. The lowest BCUT2D eigenvalue weighted by Gasteiger charge is -2.23. The van der Waals surface area contributed by atoms with E-state index >= 15 is 0 Å². The van der Waals surface area contributed by atoms with E-state index in [1.807, 2.05) is 24.3 Å². The SMILES string of the molecule is COc1cc(C[C@@H]2CO[C@H](c3cc(OC)c(OC)c(OC)c3)[C@H]2CO)ccc1O. The van der Waals surface area contributed by atoms with Gasteiger partial charge in [0.1, 0.15) is 0 Å². The van der Waals surface area contributed by atoms with E-state index in [0.29, 0.717) is 36.0 Å². The van der Waals surface area contributed by atoms with Gasteiger partial charge in [-0.15, -0.1) is 0 Å². The molecule has 7 nitrogen and oxygen atoms in total. The number of methoxy groups -OCH3 is 4. The van der Waals surface area contributed by atoms with Crippen molar-refractivity contribution < 1.29 is 33.9 Å². The predicted octanol–water partition coefficient (Wildman–Crippen LogP) is 2.97. The number of aliphatic hydroxyl groups excluding tert-OH is 1. The van der Waals surface area contributed by atoms with Crippen LogP contribution in [-0.2, 0) is 11.2 Å². The number of aliphatic hydroxyl groups is 1. The summed E-state index contributed by atoms with van der Waals surface area (Å²) in [4.78, 5) is 0. The molecule has 0 spiro atoms. The van der Waals surface area contributed by atoms with Crippen molar-refractivity contribution in [1.29, 1.82) is 0 Å². The van der Waals surface area contributed by atoms with Gasteiger partial charge in [-0.1, -0.05) is 6.07 Å². The molecular formula is C22H28O7. The first-order valence-electron chi connectivity index (χ1n) is 9.44. The Labute approximate surface area is 170 Å². The van der Waals surface area contributed by atoms with Crippen LogP contribution in [0.5, 0.6) is 28.7 Å². The molecule has 0 saturated carbocycles. The summed E-state index contributed by atoms with van der Waals surface area (Å²) in [5.74, 6) is 2.17. The molecule has 0 aliphatic carbocycles. The average molecular weight is 404 g/mol. The lowest BCUT2D eigenvalue weighted by molar-refractivity contribution is 0.0715. The van der Waals surface area contributed by atoms with Crippen molar-refractivity contribution in [3.05, 3.63) is 41.5 Å². The van der Waals surface area contributed by atoms with Crippen LogP contribution in [0, 0.1) is 11.8 Å². The number of ether oxygens (including phenoxy) is 5. The first-order chi connectivity index (χ1) is 14.1. The van der Waals surface area contributed by atoms with E-state index in [1.54, 1.807) is 27.4 Å². The van der Waals surface area contributed by atoms with Gasteiger partial charge < -0.3 is 33.9 Å². The Morgan fingerprint density at radius 3 is 2.14 bits per heavy atom. The number of hydrogen-bond donors (Lipinski definition) is 2. The summed E-state index contributed by atoms with van der Waals surface area (Å²) in [5, 5.41) is 19.9. The molecule has 0 amide bonds. The van der Waals surface area contributed by atoms with Gasteiger partial charge in [0.05, 0.1) is 41.2 Å². The molecule has 1 fully saturated rings. The minimum Gasteiger partial charge on any atom is -0.504 e. The van der Waals surface area contributed by atoms with Gasteiger partial charge in [-0.05, 0) is 47.7 Å². The number of phenols is 1. The van der Waals surface area contributed by atoms with Gasteiger partial charge in [0.25, 0.3) is 0 Å². The molecule has 0 bridgehead atoms. The van der Waals surface area contributed by atoms with Gasteiger partial charge >= 0.3 is 0 Å². The van der Waals surface area contributed by atoms with Gasteiger partial charge in [0.15, 0.2) is 23.0 Å². The highest BCUT2D eigenvalue weighted by Crippen LogP contribution is 2.45. The molecule has 29 heavy (non-hydrogen) atoms. The van der Waals surface area contributed by atoms with Crippen LogP contribution in [0.1, 0.15) is 17.2 Å². The van der Waals surface area contributed by atoms with Crippen LogP contribution >= 0.6 is 0 Å². The summed E-state index contributed by atoms with van der Waals surface area (Å²) in [7, 11) is 6.22. The number of rotatable bonds is 8. The summed E-state index contributed by atoms with van der Waals surface area (Å²) < 4.78 is 27.6. The molecule has 158 valence electrons. The maximum Gasteiger partial charge on any atom is 0.203 e. The molecule has 2 aromatic carbocycles. The monoisotopic (exact) mass is 404 g/mol. The third-order valence-electron chi connectivity index (χ3n) is 5.45. The average Bonchev–Trinajstić information content (AvgIpc) is 3.16. The molecule has 2 aromatic rings. The maximum absolute atomic E-state index is 10.1. The van der Waals surface area contributed by atoms with Crippen molar-refractivity contribution in [3.63, 3.8) is 0 Å². The van der Waals surface area contributed by atoms with Crippen LogP contribution in [0.25, 0.3) is 0 Å². The Kier molecular flexibility index (Phi) is 6.71. The zero-order valence-electron chi connectivity index (χ0n) is 17.2. The fourth-order valence-corrected chi connectivity index (χ4v) is 3.94. The highest BCUT2D eigenvalue weighted by atomic mass is 16.5. The van der Waals surface area contributed by atoms with E-state index in [2.05, 4.69) is 0 Å². The molecule has 2 N–H and O–H groups in total. The van der Waals surface area contributed by atoms with Crippen LogP contribution in [0.4, 0.5) is 0 Å². The maximum atomic E-state index is 10.1. The van der Waals surface area contributed by atoms with E-state index in [1.165, 1.54) is 7.11 Å². The number of hydrogen-bond acceptors (Lipinski definition) is 7. The van der Waals surface area contributed by atoms with E-state index in [0.717, 1.165) is 11.1 Å². The fourth-order valence-electron chi connectivity index (χ4n) is 3.94. The first kappa shape index (κ1) is 21.1. The first-order valence-corrected chi connectivity index (χ1v) is 9.44. The lowest BCUT2D eigenvalue weighted by Crippen LogP contribution is -2.21. The molecule has 1 heterocycles. The van der Waals surface area contributed by atoms with E-state index in [9.17, 15) is 10.2 Å². The van der Waals surface area contributed by atoms with E-state index < -0.39 is 0 Å². The van der Waals surface area contributed by atoms with Gasteiger partial charge in [0.2, 0.25) is 5.75 Å². The summed E-state index contributed by atoms with van der Waals surface area (Å²) in [6, 6.07) is 9.02. The number of benzene rings is 2. The number of phenolic OH excluding ortho intramolecular Hbond substituents is 1. The molecule has 3 rings (SSSR count). The van der Waals surface area contributed by atoms with Gasteiger partial charge in [-0.3, -0.25) is 0 Å². The van der Waals surface area contributed by atoms with Crippen molar-refractivity contribution in [1.82, 2.24) is 0 Å². The largest absolute Gasteiger partial charge is 0.504 e. The zero-order chi connectivity index (χ0) is 21.0. The third kappa shape index (κ3) is 4.21. The Morgan fingerprint density at radius 1 is 0.931 bits per heavy atom. The molecule has 1 aliphatic rings. The molecule has 0 radical (unpaired) electrons. The van der Waals surface area contributed by atoms with Crippen LogP contribution in [-0.4, -0.2) is 51.9 Å². The highest BCUT2D eigenvalue weighted by Gasteiger charge is 2.38. The highest BCUT2D eigenvalue weighted by molar-refractivity contribution is 5.54. The van der Waals surface area contributed by atoms with Gasteiger partial charge in [0, 0.05) is 12.5 Å². The summed E-state index contributed by atoms with van der Waals surface area (Å²) in [5.41, 5.74) is 1.88. The summed E-state index contributed by atoms with van der Waals surface area (Å²) in [6.07, 6.45) is 0.403. The lowest BCUT2D eigenvalue weighted by atomic mass is 9.84. The van der Waals surface area contributed by atoms with Gasteiger partial charge in [-0.25, -0.2) is 0 Å². The summed E-state index contributed by atoms with van der Waals surface area (Å²) >= 11 is 0. The van der Waals surface area contributed by atoms with E-state index in [-0.39, 0.29) is 30.3 Å². The second kappa shape index (κ2) is 9.24. The molecule has 3 atom stereocenters. The van der Waals surface area contributed by atoms with Crippen molar-refractivity contribution in [3.8, 4) is 28.7 Å². The number of aromatic hydroxyl groups is 1. The topological polar surface area (TPSA) is 86.6 Å². The van der Waals surface area contributed by atoms with Crippen LogP contribution in [0.2, 0.25) is 0 Å². The molecule has 0 aromatic heterocycles. The fraction of sp³-hybridized carbons (Fsp3) is 0.455. The standard InChI is InChI=1S/C22H28O7/c1-25-18-8-13(5-6-17(18)24)7-15-12-29-21(16(15)11-23)14-9-19(26-2)22(28-4)20(10-14)27-3/h5-6,8-10,15-16,21,23-24H,7,11-12H2,1-4H3/t15-,16+,21-/m1/s1. The molecular weight excluding hydrogens is 376 g/mol. The van der Waals surface area contributed by atoms with Crippen LogP contribution in [0.3, 0.4) is 0 Å².